The summed E-state index contributed by atoms with van der Waals surface area (Å²) in [6.07, 6.45) is 7.55. The quantitative estimate of drug-likeness (QED) is 0.879. The SMILES string of the molecule is Cc1nsc(NC(=O)NC23C[C@@H]4C[C@@H](C2)CC(C(C)C)(C4)C3)n1. The van der Waals surface area contributed by atoms with Gasteiger partial charge in [0.2, 0.25) is 5.13 Å². The first-order chi connectivity index (χ1) is 10.9. The fraction of sp³-hybridized carbons (Fsp3) is 0.824. The molecule has 2 amide bonds. The van der Waals surface area contributed by atoms with Crippen LogP contribution in [0.2, 0.25) is 0 Å². The molecule has 6 heteroatoms. The number of aryl methyl sites for hydroxylation is 1. The van der Waals surface area contributed by atoms with Gasteiger partial charge in [-0.25, -0.2) is 9.78 Å². The van der Waals surface area contributed by atoms with Gasteiger partial charge in [0.15, 0.2) is 0 Å². The number of nitrogens with zero attached hydrogens (tertiary/aromatic N) is 2. The minimum Gasteiger partial charge on any atom is -0.332 e. The van der Waals surface area contributed by atoms with E-state index in [2.05, 4.69) is 33.8 Å². The lowest BCUT2D eigenvalue weighted by Gasteiger charge is -2.63. The molecular weight excluding hydrogens is 308 g/mol. The zero-order chi connectivity index (χ0) is 16.2. The second-order valence-corrected chi connectivity index (χ2v) is 9.24. The fourth-order valence-electron chi connectivity index (χ4n) is 5.87. The number of hydrogen-bond donors (Lipinski definition) is 2. The van der Waals surface area contributed by atoms with Crippen LogP contribution in [0, 0.1) is 30.1 Å². The largest absolute Gasteiger partial charge is 0.332 e. The lowest BCUT2D eigenvalue weighted by atomic mass is 9.44. The van der Waals surface area contributed by atoms with Gasteiger partial charge in [-0.1, -0.05) is 13.8 Å². The van der Waals surface area contributed by atoms with Crippen LogP contribution >= 0.6 is 11.5 Å². The monoisotopic (exact) mass is 334 g/mol. The van der Waals surface area contributed by atoms with Crippen LogP contribution in [0.3, 0.4) is 0 Å². The molecule has 126 valence electrons. The molecule has 1 heterocycles. The van der Waals surface area contributed by atoms with Gasteiger partial charge in [-0.2, -0.15) is 4.37 Å². The van der Waals surface area contributed by atoms with E-state index in [0.29, 0.717) is 22.3 Å². The first-order valence-corrected chi connectivity index (χ1v) is 9.55. The Morgan fingerprint density at radius 2 is 1.96 bits per heavy atom. The van der Waals surface area contributed by atoms with E-state index >= 15 is 0 Å². The van der Waals surface area contributed by atoms with Crippen molar-refractivity contribution < 1.29 is 4.79 Å². The molecule has 4 bridgehead atoms. The van der Waals surface area contributed by atoms with Gasteiger partial charge in [0.1, 0.15) is 5.82 Å². The van der Waals surface area contributed by atoms with E-state index in [-0.39, 0.29) is 11.6 Å². The molecule has 1 aromatic rings. The van der Waals surface area contributed by atoms with E-state index in [9.17, 15) is 4.79 Å². The van der Waals surface area contributed by atoms with Crippen LogP contribution < -0.4 is 10.6 Å². The number of anilines is 1. The maximum atomic E-state index is 12.5. The molecule has 4 fully saturated rings. The third-order valence-electron chi connectivity index (χ3n) is 6.46. The summed E-state index contributed by atoms with van der Waals surface area (Å²) in [5.41, 5.74) is 0.439. The zero-order valence-corrected chi connectivity index (χ0v) is 15.0. The van der Waals surface area contributed by atoms with Crippen molar-refractivity contribution in [2.75, 3.05) is 5.32 Å². The number of nitrogens with one attached hydrogen (secondary N) is 2. The summed E-state index contributed by atoms with van der Waals surface area (Å²) in [7, 11) is 0. The maximum Gasteiger partial charge on any atom is 0.321 e. The fourth-order valence-corrected chi connectivity index (χ4v) is 6.44. The highest BCUT2D eigenvalue weighted by Crippen LogP contribution is 2.64. The van der Waals surface area contributed by atoms with Crippen LogP contribution in [0.1, 0.15) is 58.2 Å². The number of amides is 2. The van der Waals surface area contributed by atoms with E-state index in [1.807, 2.05) is 6.92 Å². The third kappa shape index (κ3) is 2.65. The minimum absolute atomic E-state index is 0.00182. The standard InChI is InChI=1S/C17H26N4OS/c1-10(2)16-5-12-4-13(6-16)8-17(7-12,9-16)20-14(22)19-15-18-11(3)21-23-15/h10,12-13H,4-9H2,1-3H3,(H2,18,19,20,21,22)/t12-,13-,16?,17?/m1/s1. The van der Waals surface area contributed by atoms with E-state index in [4.69, 9.17) is 0 Å². The molecule has 5 rings (SSSR count). The molecule has 0 saturated heterocycles. The number of carbonyl (C=O) groups excluding carboxylic acids is 1. The molecule has 0 spiro atoms. The van der Waals surface area contributed by atoms with Crippen molar-refractivity contribution in [2.24, 2.45) is 23.2 Å². The first-order valence-electron chi connectivity index (χ1n) is 8.78. The number of carbonyl (C=O) groups is 1. The molecule has 4 aliphatic rings. The van der Waals surface area contributed by atoms with Gasteiger partial charge < -0.3 is 5.32 Å². The average Bonchev–Trinajstić information content (AvgIpc) is 2.81. The highest BCUT2D eigenvalue weighted by atomic mass is 32.1. The third-order valence-corrected chi connectivity index (χ3v) is 7.18. The Balaban J connectivity index is 1.50. The Bertz CT molecular complexity index is 612. The van der Waals surface area contributed by atoms with Crippen molar-refractivity contribution in [3.63, 3.8) is 0 Å². The smallest absolute Gasteiger partial charge is 0.321 e. The van der Waals surface area contributed by atoms with Crippen LogP contribution in [0.15, 0.2) is 0 Å². The summed E-state index contributed by atoms with van der Waals surface area (Å²) >= 11 is 1.24. The molecule has 0 radical (unpaired) electrons. The van der Waals surface area contributed by atoms with Gasteiger partial charge in [0.05, 0.1) is 0 Å². The number of hydrogen-bond acceptors (Lipinski definition) is 4. The Morgan fingerprint density at radius 1 is 1.26 bits per heavy atom. The molecule has 0 unspecified atom stereocenters. The van der Waals surface area contributed by atoms with Crippen LogP contribution in [0.25, 0.3) is 0 Å². The predicted molar refractivity (Wildman–Crippen MR) is 91.5 cm³/mol. The minimum atomic E-state index is -0.109. The van der Waals surface area contributed by atoms with Crippen molar-refractivity contribution in [2.45, 2.75) is 64.8 Å². The van der Waals surface area contributed by atoms with Gasteiger partial charge in [0, 0.05) is 17.1 Å². The van der Waals surface area contributed by atoms with Gasteiger partial charge in [-0.15, -0.1) is 0 Å². The second-order valence-electron chi connectivity index (χ2n) is 8.48. The van der Waals surface area contributed by atoms with E-state index in [1.165, 1.54) is 30.8 Å². The summed E-state index contributed by atoms with van der Waals surface area (Å²) in [5.74, 6) is 2.99. The molecular formula is C17H26N4OS. The van der Waals surface area contributed by atoms with Gasteiger partial charge in [0.25, 0.3) is 0 Å². The Hall–Kier alpha value is -1.17. The molecule has 2 atom stereocenters. The highest BCUT2D eigenvalue weighted by Gasteiger charge is 2.58. The van der Waals surface area contributed by atoms with Gasteiger partial charge in [-0.3, -0.25) is 5.32 Å². The number of aromatic nitrogens is 2. The van der Waals surface area contributed by atoms with Crippen LogP contribution in [0.4, 0.5) is 9.93 Å². The molecule has 4 aliphatic carbocycles. The molecule has 2 N–H and O–H groups in total. The summed E-state index contributed by atoms with van der Waals surface area (Å²) < 4.78 is 4.12. The Morgan fingerprint density at radius 3 is 2.52 bits per heavy atom. The number of rotatable bonds is 3. The first kappa shape index (κ1) is 15.4. The summed E-state index contributed by atoms with van der Waals surface area (Å²) in [6.45, 7) is 6.57. The molecule has 23 heavy (non-hydrogen) atoms. The number of urea groups is 1. The maximum absolute atomic E-state index is 12.5. The van der Waals surface area contributed by atoms with Crippen molar-refractivity contribution in [1.82, 2.24) is 14.7 Å². The van der Waals surface area contributed by atoms with Crippen LogP contribution in [-0.2, 0) is 0 Å². The zero-order valence-electron chi connectivity index (χ0n) is 14.2. The van der Waals surface area contributed by atoms with E-state index in [0.717, 1.165) is 31.1 Å². The molecule has 0 aliphatic heterocycles. The topological polar surface area (TPSA) is 66.9 Å². The lowest BCUT2D eigenvalue weighted by Crippen LogP contribution is -2.64. The molecule has 5 nitrogen and oxygen atoms in total. The Kier molecular flexibility index (Phi) is 3.45. The van der Waals surface area contributed by atoms with Crippen molar-refractivity contribution in [3.05, 3.63) is 5.82 Å². The van der Waals surface area contributed by atoms with Gasteiger partial charge in [-0.05, 0) is 68.6 Å². The molecule has 0 aromatic carbocycles. The summed E-state index contributed by atoms with van der Waals surface area (Å²) in [4.78, 5) is 16.7. The normalized spacial score (nSPS) is 38.1. The van der Waals surface area contributed by atoms with Crippen LogP contribution in [0.5, 0.6) is 0 Å². The molecule has 4 saturated carbocycles. The molecule has 1 aromatic heterocycles. The second kappa shape index (κ2) is 5.16. The Labute approximate surface area is 141 Å². The summed E-state index contributed by atoms with van der Waals surface area (Å²) in [5, 5.41) is 6.81. The van der Waals surface area contributed by atoms with Crippen molar-refractivity contribution in [3.8, 4) is 0 Å². The van der Waals surface area contributed by atoms with E-state index in [1.54, 1.807) is 0 Å². The summed E-state index contributed by atoms with van der Waals surface area (Å²) in [6, 6.07) is -0.109. The highest BCUT2D eigenvalue weighted by molar-refractivity contribution is 7.09. The lowest BCUT2D eigenvalue weighted by molar-refractivity contribution is -0.0994. The van der Waals surface area contributed by atoms with E-state index < -0.39 is 0 Å². The average molecular weight is 334 g/mol. The predicted octanol–water partition coefficient (Wildman–Crippen LogP) is 3.96. The van der Waals surface area contributed by atoms with Crippen molar-refractivity contribution in [1.29, 1.82) is 0 Å². The van der Waals surface area contributed by atoms with Crippen LogP contribution in [-0.4, -0.2) is 20.9 Å². The van der Waals surface area contributed by atoms with Gasteiger partial charge >= 0.3 is 6.03 Å². The van der Waals surface area contributed by atoms with Crippen molar-refractivity contribution >= 4 is 22.7 Å².